The third kappa shape index (κ3) is 5.53. The predicted molar refractivity (Wildman–Crippen MR) is 40.4 cm³/mol. The molecule has 0 atom stereocenters. The predicted octanol–water partition coefficient (Wildman–Crippen LogP) is -0.811. The van der Waals surface area contributed by atoms with Crippen molar-refractivity contribution in [3.8, 4) is 0 Å². The van der Waals surface area contributed by atoms with Crippen molar-refractivity contribution in [1.82, 2.24) is 15.8 Å². The number of nitrogens with one attached hydrogen (secondary N) is 2. The molecule has 0 unspecified atom stereocenters. The van der Waals surface area contributed by atoms with Crippen molar-refractivity contribution >= 4 is 5.91 Å². The molecule has 2 N–H and O–H groups in total. The lowest BCUT2D eigenvalue weighted by Gasteiger charge is -2.10. The molecule has 0 aromatic rings. The van der Waals surface area contributed by atoms with E-state index in [-0.39, 0.29) is 5.91 Å². The molecule has 0 radical (unpaired) electrons. The summed E-state index contributed by atoms with van der Waals surface area (Å²) in [6.07, 6.45) is 0. The Labute approximate surface area is 61.6 Å². The molecule has 0 aliphatic rings. The zero-order chi connectivity index (χ0) is 7.98. The maximum Gasteiger partial charge on any atom is 0.235 e. The molecule has 0 aromatic heterocycles. The van der Waals surface area contributed by atoms with E-state index in [1.165, 1.54) is 0 Å². The van der Waals surface area contributed by atoms with Crippen LogP contribution in [0.3, 0.4) is 0 Å². The van der Waals surface area contributed by atoms with Gasteiger partial charge < -0.3 is 5.32 Å². The van der Waals surface area contributed by atoms with Crippen molar-refractivity contribution in [3.05, 3.63) is 0 Å². The minimum Gasteiger partial charge on any atom is -0.355 e. The normalized spacial score (nSPS) is 10.0. The molecule has 0 saturated carbocycles. The summed E-state index contributed by atoms with van der Waals surface area (Å²) >= 11 is 0. The lowest BCUT2D eigenvalue weighted by Crippen LogP contribution is -2.40. The number of hydrogen-bond acceptors (Lipinski definition) is 3. The Bertz CT molecular complexity index is 103. The van der Waals surface area contributed by atoms with Crippen LogP contribution in [0.1, 0.15) is 6.92 Å². The fourth-order valence-corrected chi connectivity index (χ4v) is 0.490. The SMILES string of the molecule is CCNC(=O)CNN(C)C. The number of likely N-dealkylation sites (N-methyl/N-ethyl adjacent to an activating group) is 1. The molecule has 0 rings (SSSR count). The highest BCUT2D eigenvalue weighted by atomic mass is 16.2. The maximum atomic E-state index is 10.7. The summed E-state index contributed by atoms with van der Waals surface area (Å²) < 4.78 is 0. The van der Waals surface area contributed by atoms with Crippen LogP contribution in [0.4, 0.5) is 0 Å². The van der Waals surface area contributed by atoms with E-state index in [0.717, 1.165) is 0 Å². The molecule has 0 aliphatic heterocycles. The first-order valence-corrected chi connectivity index (χ1v) is 3.34. The zero-order valence-electron chi connectivity index (χ0n) is 6.77. The second kappa shape index (κ2) is 5.20. The summed E-state index contributed by atoms with van der Waals surface area (Å²) in [5.74, 6) is 0.0243. The van der Waals surface area contributed by atoms with E-state index >= 15 is 0 Å². The summed E-state index contributed by atoms with van der Waals surface area (Å²) in [6.45, 7) is 2.93. The largest absolute Gasteiger partial charge is 0.355 e. The number of hydrazine groups is 1. The number of amides is 1. The summed E-state index contributed by atoms with van der Waals surface area (Å²) in [4.78, 5) is 10.7. The van der Waals surface area contributed by atoms with Crippen molar-refractivity contribution in [2.75, 3.05) is 27.2 Å². The molecule has 0 heterocycles. The van der Waals surface area contributed by atoms with Crippen LogP contribution in [0.5, 0.6) is 0 Å². The highest BCUT2D eigenvalue weighted by molar-refractivity contribution is 5.77. The molecule has 0 bridgehead atoms. The molecule has 0 fully saturated rings. The smallest absolute Gasteiger partial charge is 0.235 e. The molecule has 0 aliphatic carbocycles. The molecule has 0 spiro atoms. The monoisotopic (exact) mass is 145 g/mol. The average molecular weight is 145 g/mol. The van der Waals surface area contributed by atoms with Crippen LogP contribution < -0.4 is 10.7 Å². The summed E-state index contributed by atoms with van der Waals surface area (Å²) in [5.41, 5.74) is 2.85. The number of carbonyl (C=O) groups is 1. The Balaban J connectivity index is 3.22. The molecule has 4 nitrogen and oxygen atoms in total. The Morgan fingerprint density at radius 3 is 2.50 bits per heavy atom. The Morgan fingerprint density at radius 1 is 1.50 bits per heavy atom. The second-order valence-corrected chi connectivity index (χ2v) is 2.18. The van der Waals surface area contributed by atoms with Crippen LogP contribution in [0, 0.1) is 0 Å². The van der Waals surface area contributed by atoms with Gasteiger partial charge in [0, 0.05) is 20.6 Å². The van der Waals surface area contributed by atoms with E-state index in [9.17, 15) is 4.79 Å². The van der Waals surface area contributed by atoms with Gasteiger partial charge >= 0.3 is 0 Å². The Hall–Kier alpha value is -0.610. The van der Waals surface area contributed by atoms with Crippen molar-refractivity contribution in [1.29, 1.82) is 0 Å². The second-order valence-electron chi connectivity index (χ2n) is 2.18. The molecule has 1 amide bonds. The van der Waals surface area contributed by atoms with Crippen LogP contribution in [0.2, 0.25) is 0 Å². The summed E-state index contributed by atoms with van der Waals surface area (Å²) in [7, 11) is 3.69. The van der Waals surface area contributed by atoms with E-state index in [4.69, 9.17) is 0 Å². The van der Waals surface area contributed by atoms with E-state index < -0.39 is 0 Å². The fraction of sp³-hybridized carbons (Fsp3) is 0.833. The van der Waals surface area contributed by atoms with Crippen molar-refractivity contribution in [2.45, 2.75) is 6.92 Å². The van der Waals surface area contributed by atoms with Gasteiger partial charge in [0.2, 0.25) is 5.91 Å². The van der Waals surface area contributed by atoms with Crippen molar-refractivity contribution in [2.24, 2.45) is 0 Å². The highest BCUT2D eigenvalue weighted by Crippen LogP contribution is 1.65. The third-order valence-corrected chi connectivity index (χ3v) is 0.930. The van der Waals surface area contributed by atoms with E-state index in [1.54, 1.807) is 5.01 Å². The topological polar surface area (TPSA) is 44.4 Å². The Kier molecular flexibility index (Phi) is 4.88. The van der Waals surface area contributed by atoms with Crippen molar-refractivity contribution in [3.63, 3.8) is 0 Å². The minimum atomic E-state index is 0.0243. The maximum absolute atomic E-state index is 10.7. The molecule has 0 saturated heterocycles. The fourth-order valence-electron chi connectivity index (χ4n) is 0.490. The average Bonchev–Trinajstić information content (AvgIpc) is 1.85. The number of hydrogen-bond donors (Lipinski definition) is 2. The van der Waals surface area contributed by atoms with E-state index in [2.05, 4.69) is 10.7 Å². The molecule has 0 aromatic carbocycles. The van der Waals surface area contributed by atoms with Gasteiger partial charge in [0.15, 0.2) is 0 Å². The van der Waals surface area contributed by atoms with Crippen LogP contribution in [-0.4, -0.2) is 38.1 Å². The van der Waals surface area contributed by atoms with Gasteiger partial charge in [-0.3, -0.25) is 9.80 Å². The Morgan fingerprint density at radius 2 is 2.10 bits per heavy atom. The van der Waals surface area contributed by atoms with Crippen molar-refractivity contribution < 1.29 is 4.79 Å². The number of nitrogens with zero attached hydrogens (tertiary/aromatic N) is 1. The summed E-state index contributed by atoms with van der Waals surface area (Å²) in [6, 6.07) is 0. The van der Waals surface area contributed by atoms with Gasteiger partial charge in [0.1, 0.15) is 0 Å². The minimum absolute atomic E-state index is 0.0243. The first kappa shape index (κ1) is 9.39. The molecule has 4 heteroatoms. The first-order valence-electron chi connectivity index (χ1n) is 3.34. The standard InChI is InChI=1S/C6H15N3O/c1-4-7-6(10)5-8-9(2)3/h8H,4-5H2,1-3H3,(H,7,10). The molecule has 10 heavy (non-hydrogen) atoms. The number of carbonyl (C=O) groups excluding carboxylic acids is 1. The van der Waals surface area contributed by atoms with Gasteiger partial charge in [-0.1, -0.05) is 0 Å². The van der Waals surface area contributed by atoms with Crippen LogP contribution in [0.15, 0.2) is 0 Å². The third-order valence-electron chi connectivity index (χ3n) is 0.930. The lowest BCUT2D eigenvalue weighted by molar-refractivity contribution is -0.120. The molecular weight excluding hydrogens is 130 g/mol. The van der Waals surface area contributed by atoms with E-state index in [0.29, 0.717) is 13.1 Å². The molecule has 60 valence electrons. The molecular formula is C6H15N3O. The van der Waals surface area contributed by atoms with E-state index in [1.807, 2.05) is 21.0 Å². The quantitative estimate of drug-likeness (QED) is 0.508. The number of rotatable bonds is 4. The van der Waals surface area contributed by atoms with Gasteiger partial charge in [-0.15, -0.1) is 0 Å². The van der Waals surface area contributed by atoms with Gasteiger partial charge in [-0.2, -0.15) is 0 Å². The van der Waals surface area contributed by atoms with Crippen LogP contribution in [-0.2, 0) is 4.79 Å². The van der Waals surface area contributed by atoms with Gasteiger partial charge in [0.05, 0.1) is 6.54 Å². The van der Waals surface area contributed by atoms with Gasteiger partial charge in [0.25, 0.3) is 0 Å². The lowest BCUT2D eigenvalue weighted by atomic mass is 10.6. The summed E-state index contributed by atoms with van der Waals surface area (Å²) in [5, 5.41) is 4.42. The first-order chi connectivity index (χ1) is 4.66. The zero-order valence-corrected chi connectivity index (χ0v) is 6.77. The van der Waals surface area contributed by atoms with Gasteiger partial charge in [-0.25, -0.2) is 5.43 Å². The van der Waals surface area contributed by atoms with Crippen LogP contribution in [0.25, 0.3) is 0 Å². The van der Waals surface area contributed by atoms with Gasteiger partial charge in [-0.05, 0) is 6.92 Å². The highest BCUT2D eigenvalue weighted by Gasteiger charge is 1.96. The van der Waals surface area contributed by atoms with Crippen LogP contribution >= 0.6 is 0 Å².